The van der Waals surface area contributed by atoms with Crippen LogP contribution in [0.2, 0.25) is 0 Å². The molecule has 2 aliphatic rings. The first-order chi connectivity index (χ1) is 9.18. The number of piperidine rings is 1. The van der Waals surface area contributed by atoms with Crippen LogP contribution >= 0.6 is 0 Å². The second-order valence-corrected chi connectivity index (χ2v) is 5.94. The second kappa shape index (κ2) is 4.97. The minimum absolute atomic E-state index is 0.0117. The van der Waals surface area contributed by atoms with E-state index < -0.39 is 0 Å². The maximum atomic E-state index is 12.8. The largest absolute Gasteiger partial charge is 0.308 e. The summed E-state index contributed by atoms with van der Waals surface area (Å²) in [5.41, 5.74) is 2.41. The highest BCUT2D eigenvalue weighted by atomic mass is 16.2. The van der Waals surface area contributed by atoms with Crippen molar-refractivity contribution in [2.45, 2.75) is 45.2 Å². The van der Waals surface area contributed by atoms with Crippen molar-refractivity contribution in [3.05, 3.63) is 29.8 Å². The van der Waals surface area contributed by atoms with Crippen molar-refractivity contribution >= 4 is 11.6 Å². The molecule has 102 valence electrons. The fourth-order valence-electron chi connectivity index (χ4n) is 3.43. The SMILES string of the molecule is CC1CCCNC1C(=O)N1c2ccccc2CC1C. The fraction of sp³-hybridized carbons (Fsp3) is 0.562. The van der Waals surface area contributed by atoms with Gasteiger partial charge in [0, 0.05) is 11.7 Å². The van der Waals surface area contributed by atoms with Gasteiger partial charge in [0.1, 0.15) is 0 Å². The lowest BCUT2D eigenvalue weighted by atomic mass is 9.91. The molecular formula is C16H22N2O. The van der Waals surface area contributed by atoms with Crippen molar-refractivity contribution in [2.24, 2.45) is 5.92 Å². The molecule has 2 aliphatic heterocycles. The number of hydrogen-bond donors (Lipinski definition) is 1. The predicted octanol–water partition coefficient (Wildman–Crippen LogP) is 2.35. The molecule has 0 radical (unpaired) electrons. The van der Waals surface area contributed by atoms with Gasteiger partial charge in [-0.2, -0.15) is 0 Å². The normalized spacial score (nSPS) is 30.2. The Morgan fingerprint density at radius 1 is 1.32 bits per heavy atom. The third kappa shape index (κ3) is 2.16. The molecule has 0 spiro atoms. The zero-order valence-corrected chi connectivity index (χ0v) is 11.7. The van der Waals surface area contributed by atoms with Crippen molar-refractivity contribution in [3.63, 3.8) is 0 Å². The lowest BCUT2D eigenvalue weighted by molar-refractivity contribution is -0.122. The molecule has 0 saturated carbocycles. The highest BCUT2D eigenvalue weighted by molar-refractivity contribution is 5.99. The number of para-hydroxylation sites is 1. The fourth-order valence-corrected chi connectivity index (χ4v) is 3.43. The van der Waals surface area contributed by atoms with Crippen molar-refractivity contribution in [3.8, 4) is 0 Å². The monoisotopic (exact) mass is 258 g/mol. The summed E-state index contributed by atoms with van der Waals surface area (Å²) >= 11 is 0. The maximum absolute atomic E-state index is 12.8. The van der Waals surface area contributed by atoms with E-state index in [1.165, 1.54) is 12.0 Å². The van der Waals surface area contributed by atoms with Crippen LogP contribution in [0, 0.1) is 5.92 Å². The highest BCUT2D eigenvalue weighted by Crippen LogP contribution is 2.33. The van der Waals surface area contributed by atoms with Gasteiger partial charge in [0.25, 0.3) is 0 Å². The van der Waals surface area contributed by atoms with E-state index in [1.807, 2.05) is 11.0 Å². The van der Waals surface area contributed by atoms with E-state index >= 15 is 0 Å². The molecule has 3 rings (SSSR count). The van der Waals surface area contributed by atoms with E-state index in [0.29, 0.717) is 5.92 Å². The summed E-state index contributed by atoms with van der Waals surface area (Å²) in [6, 6.07) is 8.56. The van der Waals surface area contributed by atoms with Crippen molar-refractivity contribution in [1.29, 1.82) is 0 Å². The first-order valence-corrected chi connectivity index (χ1v) is 7.33. The zero-order chi connectivity index (χ0) is 13.4. The van der Waals surface area contributed by atoms with Gasteiger partial charge in [-0.05, 0) is 50.3 Å². The van der Waals surface area contributed by atoms with E-state index in [-0.39, 0.29) is 18.0 Å². The number of fused-ring (bicyclic) bond motifs is 1. The van der Waals surface area contributed by atoms with E-state index in [0.717, 1.165) is 25.1 Å². The number of nitrogens with zero attached hydrogens (tertiary/aromatic N) is 1. The molecule has 19 heavy (non-hydrogen) atoms. The van der Waals surface area contributed by atoms with E-state index in [1.54, 1.807) is 0 Å². The molecule has 1 saturated heterocycles. The van der Waals surface area contributed by atoms with Crippen LogP contribution in [0.5, 0.6) is 0 Å². The molecule has 1 aromatic rings. The first-order valence-electron chi connectivity index (χ1n) is 7.33. The minimum atomic E-state index is -0.0117. The molecule has 2 heterocycles. The maximum Gasteiger partial charge on any atom is 0.244 e. The number of carbonyl (C=O) groups is 1. The van der Waals surface area contributed by atoms with E-state index in [4.69, 9.17) is 0 Å². The average Bonchev–Trinajstić information content (AvgIpc) is 2.74. The van der Waals surface area contributed by atoms with Crippen LogP contribution < -0.4 is 10.2 Å². The third-order valence-electron chi connectivity index (χ3n) is 4.48. The second-order valence-electron chi connectivity index (χ2n) is 5.94. The molecule has 0 aromatic heterocycles. The number of carbonyl (C=O) groups excluding carboxylic acids is 1. The number of nitrogens with one attached hydrogen (secondary N) is 1. The summed E-state index contributed by atoms with van der Waals surface area (Å²) in [6.07, 6.45) is 3.30. The third-order valence-corrected chi connectivity index (χ3v) is 4.48. The van der Waals surface area contributed by atoms with Gasteiger partial charge in [-0.3, -0.25) is 4.79 Å². The summed E-state index contributed by atoms with van der Waals surface area (Å²) in [5, 5.41) is 3.41. The van der Waals surface area contributed by atoms with Crippen molar-refractivity contribution in [2.75, 3.05) is 11.4 Å². The average molecular weight is 258 g/mol. The Morgan fingerprint density at radius 2 is 2.11 bits per heavy atom. The molecular weight excluding hydrogens is 236 g/mol. The highest BCUT2D eigenvalue weighted by Gasteiger charge is 2.37. The van der Waals surface area contributed by atoms with Gasteiger partial charge < -0.3 is 10.2 Å². The van der Waals surface area contributed by atoms with Crippen LogP contribution in [-0.4, -0.2) is 24.5 Å². The van der Waals surface area contributed by atoms with Crippen LogP contribution in [0.15, 0.2) is 24.3 Å². The Kier molecular flexibility index (Phi) is 3.31. The van der Waals surface area contributed by atoms with Crippen LogP contribution in [0.3, 0.4) is 0 Å². The molecule has 1 amide bonds. The molecule has 3 atom stereocenters. The Bertz CT molecular complexity index is 485. The molecule has 1 N–H and O–H groups in total. The summed E-state index contributed by atoms with van der Waals surface area (Å²) in [4.78, 5) is 14.9. The zero-order valence-electron chi connectivity index (χ0n) is 11.7. The van der Waals surface area contributed by atoms with E-state index in [9.17, 15) is 4.79 Å². The van der Waals surface area contributed by atoms with Crippen LogP contribution in [0.1, 0.15) is 32.3 Å². The summed E-state index contributed by atoms with van der Waals surface area (Å²) in [7, 11) is 0. The standard InChI is InChI=1S/C16H22N2O/c1-11-6-5-9-17-15(11)16(19)18-12(2)10-13-7-3-4-8-14(13)18/h3-4,7-8,11-12,15,17H,5-6,9-10H2,1-2H3. The smallest absolute Gasteiger partial charge is 0.244 e. The predicted molar refractivity (Wildman–Crippen MR) is 77.3 cm³/mol. The molecule has 3 heteroatoms. The van der Waals surface area contributed by atoms with E-state index in [2.05, 4.69) is 37.4 Å². The number of rotatable bonds is 1. The quantitative estimate of drug-likeness (QED) is 0.838. The van der Waals surface area contributed by atoms with Gasteiger partial charge in [0.05, 0.1) is 6.04 Å². The Labute approximate surface area is 115 Å². The molecule has 1 fully saturated rings. The molecule has 1 aromatic carbocycles. The number of hydrogen-bond acceptors (Lipinski definition) is 2. The van der Waals surface area contributed by atoms with Crippen LogP contribution in [-0.2, 0) is 11.2 Å². The van der Waals surface area contributed by atoms with Gasteiger partial charge >= 0.3 is 0 Å². The van der Waals surface area contributed by atoms with Gasteiger partial charge in [-0.25, -0.2) is 0 Å². The van der Waals surface area contributed by atoms with Crippen LogP contribution in [0.4, 0.5) is 5.69 Å². The van der Waals surface area contributed by atoms with Crippen LogP contribution in [0.25, 0.3) is 0 Å². The Hall–Kier alpha value is -1.35. The Morgan fingerprint density at radius 3 is 2.89 bits per heavy atom. The number of anilines is 1. The van der Waals surface area contributed by atoms with Gasteiger partial charge in [0.2, 0.25) is 5.91 Å². The lowest BCUT2D eigenvalue weighted by Gasteiger charge is -2.34. The van der Waals surface area contributed by atoms with Crippen molar-refractivity contribution in [1.82, 2.24) is 5.32 Å². The van der Waals surface area contributed by atoms with Crippen molar-refractivity contribution < 1.29 is 4.79 Å². The summed E-state index contributed by atoms with van der Waals surface area (Å²) in [6.45, 7) is 5.29. The van der Waals surface area contributed by atoms with Gasteiger partial charge in [-0.15, -0.1) is 0 Å². The van der Waals surface area contributed by atoms with Gasteiger partial charge in [-0.1, -0.05) is 25.1 Å². The molecule has 0 bridgehead atoms. The number of amides is 1. The summed E-state index contributed by atoms with van der Waals surface area (Å²) < 4.78 is 0. The number of benzene rings is 1. The molecule has 3 unspecified atom stereocenters. The molecule has 3 nitrogen and oxygen atoms in total. The summed E-state index contributed by atoms with van der Waals surface area (Å²) in [5.74, 6) is 0.686. The Balaban J connectivity index is 1.87. The topological polar surface area (TPSA) is 32.3 Å². The molecule has 0 aliphatic carbocycles. The first kappa shape index (κ1) is 12.7. The minimum Gasteiger partial charge on any atom is -0.308 e. The lowest BCUT2D eigenvalue weighted by Crippen LogP contribution is -2.53. The van der Waals surface area contributed by atoms with Gasteiger partial charge in [0.15, 0.2) is 0 Å².